The molecule has 8 aromatic rings. The fraction of sp³-hybridized carbons (Fsp3) is 0.188. The van der Waals surface area contributed by atoms with E-state index in [9.17, 15) is 19.2 Å². The number of terminal acetylenes is 1. The van der Waals surface area contributed by atoms with Crippen LogP contribution in [0, 0.1) is 24.2 Å². The first kappa shape index (κ1) is 81.5. The molecule has 86 heavy (non-hydrogen) atoms. The van der Waals surface area contributed by atoms with Crippen molar-refractivity contribution in [2.24, 2.45) is 0 Å². The summed E-state index contributed by atoms with van der Waals surface area (Å²) < 4.78 is 1.97. The van der Waals surface area contributed by atoms with Crippen LogP contribution in [-0.2, 0) is 25.5 Å². The molecule has 0 bridgehead atoms. The molecule has 2 N–H and O–H groups in total. The monoisotopic (exact) mass is 1720 g/mol. The van der Waals surface area contributed by atoms with Gasteiger partial charge in [-0.3, -0.25) is 9.59 Å². The first-order valence-electron chi connectivity index (χ1n) is 26.0. The number of benzene rings is 8. The molecule has 458 valence electrons. The first-order chi connectivity index (χ1) is 41.1. The smallest absolute Gasteiger partial charge is 0.0134 e. The average molecular weight is 1730 g/mol. The number of aromatic carboxylic acids is 2. The van der Waals surface area contributed by atoms with Crippen molar-refractivity contribution in [1.29, 1.82) is 0 Å². The number of carboxylic acids is 2. The second-order valence-corrected chi connectivity index (χ2v) is 29.5. The molecule has 0 spiro atoms. The number of unbranched alkanes of at least 4 members (excludes halogenated alkanes) is 2. The number of nitrogens with zero attached hydrogens (tertiary/aromatic N) is 2. The molecule has 0 saturated heterocycles. The molecule has 0 heterocycles. The van der Waals surface area contributed by atoms with Crippen LogP contribution in [0.4, 0.5) is 0 Å². The van der Waals surface area contributed by atoms with Crippen LogP contribution in [0.2, 0.25) is 0 Å². The molecule has 0 aliphatic rings. The van der Waals surface area contributed by atoms with Crippen LogP contribution >= 0.6 is 119 Å². The molecule has 2 amide bonds. The molecule has 0 aliphatic heterocycles. The van der Waals surface area contributed by atoms with Crippen molar-refractivity contribution in [3.63, 3.8) is 0 Å². The number of hydrogen-bond acceptors (Lipinski definition) is 4. The number of amides is 2. The Labute approximate surface area is 580 Å². The summed E-state index contributed by atoms with van der Waals surface area (Å²) in [5, 5.41) is 25.7. The van der Waals surface area contributed by atoms with Gasteiger partial charge in [0.1, 0.15) is 0 Å². The molecule has 0 aliphatic carbocycles. The van der Waals surface area contributed by atoms with Crippen LogP contribution in [0.15, 0.2) is 235 Å². The van der Waals surface area contributed by atoms with Crippen molar-refractivity contribution in [2.75, 3.05) is 35.6 Å². The number of halogens is 6. The van der Waals surface area contributed by atoms with Crippen molar-refractivity contribution < 1.29 is 45.3 Å². The summed E-state index contributed by atoms with van der Waals surface area (Å²) in [5.74, 6) is 6.73. The molecular weight excluding hydrogens is 1650 g/mol. The minimum absolute atomic E-state index is 0. The van der Waals surface area contributed by atoms with Crippen LogP contribution in [0.3, 0.4) is 0 Å². The molecule has 8 nitrogen and oxygen atoms in total. The van der Waals surface area contributed by atoms with Crippen molar-refractivity contribution in [1.82, 2.24) is 9.80 Å². The summed E-state index contributed by atoms with van der Waals surface area (Å²) >= 11 is 9.76. The van der Waals surface area contributed by atoms with E-state index in [1.165, 1.54) is 40.3 Å². The molecule has 0 atom stereocenters. The Morgan fingerprint density at radius 1 is 0.500 bits per heavy atom. The zero-order valence-corrected chi connectivity index (χ0v) is 60.8. The third-order valence-electron chi connectivity index (χ3n) is 10.9. The second-order valence-electron chi connectivity index (χ2n) is 17.3. The maximum atomic E-state index is 11.3. The molecule has 0 unspecified atom stereocenters. The van der Waals surface area contributed by atoms with Gasteiger partial charge in [-0.05, 0) is 102 Å². The number of alkyl halides is 3. The molecule has 0 radical (unpaired) electrons. The predicted molar refractivity (Wildman–Crippen MR) is 397 cm³/mol. The summed E-state index contributed by atoms with van der Waals surface area (Å²) in [6, 6.07) is 77.7. The van der Waals surface area contributed by atoms with Gasteiger partial charge in [0, 0.05) is 63.9 Å². The minimum Gasteiger partial charge on any atom is -0.0622 e. The van der Waals surface area contributed by atoms with Gasteiger partial charge in [-0.15, -0.1) is 12.3 Å². The number of rotatable bonds is 14. The summed E-state index contributed by atoms with van der Waals surface area (Å²) in [6.45, 7) is 0. The Bertz CT molecular complexity index is 2880. The quantitative estimate of drug-likeness (QED) is 0.0280. The fourth-order valence-corrected chi connectivity index (χ4v) is 12.0. The summed E-state index contributed by atoms with van der Waals surface area (Å²) in [7, 11) is 15.7. The number of carbonyl (C=O) groups is 4. The second kappa shape index (κ2) is 52.5. The van der Waals surface area contributed by atoms with E-state index in [-0.39, 0.29) is 40.7 Å². The Kier molecular flexibility index (Phi) is 49.7. The van der Waals surface area contributed by atoms with E-state index in [0.29, 0.717) is 43.2 Å². The Morgan fingerprint density at radius 3 is 1.03 bits per heavy atom. The topological polar surface area (TPSA) is 115 Å². The van der Waals surface area contributed by atoms with Gasteiger partial charge in [-0.25, -0.2) is 9.59 Å². The molecule has 0 aromatic heterocycles. The van der Waals surface area contributed by atoms with E-state index < -0.39 is 27.8 Å². The number of carbonyl (C=O) groups excluding carboxylic acids is 2. The van der Waals surface area contributed by atoms with Gasteiger partial charge >= 0.3 is 46.9 Å². The third kappa shape index (κ3) is 36.1. The van der Waals surface area contributed by atoms with E-state index in [1.807, 2.05) is 4.93 Å². The van der Waals surface area contributed by atoms with Gasteiger partial charge in [0.05, 0.1) is 13.6 Å². The van der Waals surface area contributed by atoms with E-state index in [0.717, 1.165) is 10.9 Å². The zero-order valence-electron chi connectivity index (χ0n) is 47.9. The summed E-state index contributed by atoms with van der Waals surface area (Å²) in [6.07, 6.45) is 8.89. The number of hydrogen-bond donors (Lipinski definition) is 2. The van der Waals surface area contributed by atoms with Gasteiger partial charge in [0.2, 0.25) is 11.8 Å². The predicted octanol–water partition coefficient (Wildman–Crippen LogP) is 16.8. The van der Waals surface area contributed by atoms with Gasteiger partial charge in [-0.1, -0.05) is 297 Å². The van der Waals surface area contributed by atoms with Crippen molar-refractivity contribution in [3.05, 3.63) is 252 Å². The van der Waals surface area contributed by atoms with Crippen LogP contribution in [-0.4, -0.2) is 79.3 Å². The van der Waals surface area contributed by atoms with Gasteiger partial charge < -0.3 is 20.0 Å². The molecule has 0 saturated carbocycles. The SMILES string of the molecule is C.C#CCCCC(=O)N(C)C.CI.CN(C)C(=O)CCCC#Cc1cccc(C(=O)O)c1.ICI.O=C(O)c1cccc(Br)c1.[Cl][Pd][Cl].c1ccc(P(c2ccccc2)c2ccccc2)cc1.c1ccc(P(c2ccccc2)c2ccccc2)cc1. The fourth-order valence-electron chi connectivity index (χ4n) is 6.99. The Balaban J connectivity index is 0.00000104. The molecule has 8 aromatic carbocycles. The largest absolute Gasteiger partial charge is 0.0622 e. The van der Waals surface area contributed by atoms with Crippen LogP contribution in [0.1, 0.15) is 72.2 Å². The zero-order chi connectivity index (χ0) is 63.0. The van der Waals surface area contributed by atoms with E-state index in [2.05, 4.69) is 283 Å². The van der Waals surface area contributed by atoms with E-state index in [4.69, 9.17) is 35.7 Å². The Morgan fingerprint density at radius 2 is 0.779 bits per heavy atom. The normalized spacial score (nSPS) is 9.35. The summed E-state index contributed by atoms with van der Waals surface area (Å²) in [4.78, 5) is 48.4. The van der Waals surface area contributed by atoms with Crippen molar-refractivity contribution in [3.8, 4) is 24.2 Å². The van der Waals surface area contributed by atoms with Crippen LogP contribution < -0.4 is 31.8 Å². The van der Waals surface area contributed by atoms with Crippen LogP contribution in [0.5, 0.6) is 0 Å². The van der Waals surface area contributed by atoms with Crippen LogP contribution in [0.25, 0.3) is 0 Å². The van der Waals surface area contributed by atoms with Gasteiger partial charge in [0.25, 0.3) is 0 Å². The first-order valence-corrected chi connectivity index (χ1v) is 38.7. The van der Waals surface area contributed by atoms with E-state index >= 15 is 0 Å². The number of carboxylic acid groups (broad SMARTS) is 2. The molecule has 17 heteroatoms. The minimum atomic E-state index is -0.958. The standard InChI is InChI=1S/2C18H15P.C15H17NO3.C8H13NO.C7H5BrO2.CH2I2.CH3I.CH4.2ClH.Pd/c2*1-4-10-16(11-5-1)19(17-12-6-2-7-13-17)18-14-8-3-9-15-18;1-16(2)14(17)10-5-3-4-7-12-8-6-9-13(11-12)15(18)19;1-4-5-6-7-8(10)9(2)3;8-6-3-1-2-5(4-6)7(9)10;2-1-3;1-2;;;;/h2*1-15H;6,8-9,11H,3,5,10H2,1-2H3,(H,18,19);1H,5-7H2,2-3H3;1-4H,(H,9,10);1H2;1H3;1H4;2*1H;/q;;;;;;;;;;+2/p-2. The molecule has 8 rings (SSSR count). The van der Waals surface area contributed by atoms with Gasteiger partial charge in [-0.2, -0.15) is 0 Å². The third-order valence-corrected chi connectivity index (χ3v) is 16.3. The van der Waals surface area contributed by atoms with Crippen molar-refractivity contribution >= 4 is 174 Å². The average Bonchev–Trinajstić information content (AvgIpc) is 3.69. The van der Waals surface area contributed by atoms with Gasteiger partial charge in [0.15, 0.2) is 0 Å². The Hall–Kier alpha value is -4.47. The van der Waals surface area contributed by atoms with Crippen molar-refractivity contribution in [2.45, 2.75) is 46.0 Å². The molecule has 0 fully saturated rings. The maximum Gasteiger partial charge on any atom is -0.0134 e. The summed E-state index contributed by atoms with van der Waals surface area (Å²) in [5.41, 5.74) is 1.21. The maximum absolute atomic E-state index is 11.3. The van der Waals surface area contributed by atoms with E-state index in [1.54, 1.807) is 80.5 Å². The molecular formula is C69H74BrCl2I3N2O6P2Pd.